The molecule has 0 saturated carbocycles. The average molecular weight is 510 g/mol. The maximum absolute atomic E-state index is 12.8. The van der Waals surface area contributed by atoms with Gasteiger partial charge < -0.3 is 25.8 Å². The van der Waals surface area contributed by atoms with Gasteiger partial charge in [-0.1, -0.05) is 68.8 Å². The molecule has 0 aromatic heterocycles. The Kier molecular flexibility index (Phi) is 8.57. The van der Waals surface area contributed by atoms with Crippen LogP contribution < -0.4 is 16.0 Å². The topological polar surface area (TPSA) is 134 Å². The van der Waals surface area contributed by atoms with E-state index in [4.69, 9.17) is 4.74 Å². The lowest BCUT2D eigenvalue weighted by Gasteiger charge is -2.29. The molecule has 3 rings (SSSR count). The first-order chi connectivity index (χ1) is 17.5. The summed E-state index contributed by atoms with van der Waals surface area (Å²) >= 11 is 0. The summed E-state index contributed by atoms with van der Waals surface area (Å²) in [5, 5.41) is 16.9. The number of ether oxygens (including phenoxy) is 1. The summed E-state index contributed by atoms with van der Waals surface area (Å²) in [5.74, 6) is -2.76. The molecule has 0 fully saturated rings. The van der Waals surface area contributed by atoms with Crippen molar-refractivity contribution in [1.82, 2.24) is 16.0 Å². The minimum atomic E-state index is -1.50. The zero-order valence-corrected chi connectivity index (χ0v) is 21.8. The van der Waals surface area contributed by atoms with Gasteiger partial charge >= 0.3 is 12.1 Å². The molecule has 3 amide bonds. The average Bonchev–Trinajstić information content (AvgIpc) is 3.18. The maximum atomic E-state index is 12.8. The molecule has 0 bridgehead atoms. The highest BCUT2D eigenvalue weighted by Crippen LogP contribution is 2.44. The van der Waals surface area contributed by atoms with E-state index in [1.54, 1.807) is 6.92 Å². The molecular formula is C28H35N3O6. The Hall–Kier alpha value is -3.88. The predicted octanol–water partition coefficient (Wildman–Crippen LogP) is 3.42. The van der Waals surface area contributed by atoms with E-state index in [9.17, 15) is 24.3 Å². The minimum absolute atomic E-state index is 0.108. The second-order valence-corrected chi connectivity index (χ2v) is 9.98. The van der Waals surface area contributed by atoms with Crippen molar-refractivity contribution in [2.75, 3.05) is 6.61 Å². The SMILES string of the molecule is CC[C@H](C)[C@H](NC(=O)[C@H](C)NC(=O)OCC1c2ccccc2-c2ccccc21)C(=O)NC(C)(C)C(=O)O. The zero-order chi connectivity index (χ0) is 27.3. The number of amides is 3. The van der Waals surface area contributed by atoms with Gasteiger partial charge in [0.1, 0.15) is 24.2 Å². The number of carboxylic acid groups (broad SMARTS) is 1. The van der Waals surface area contributed by atoms with Gasteiger partial charge in [-0.3, -0.25) is 9.59 Å². The van der Waals surface area contributed by atoms with Crippen molar-refractivity contribution >= 4 is 23.9 Å². The molecule has 198 valence electrons. The van der Waals surface area contributed by atoms with Gasteiger partial charge in [0, 0.05) is 5.92 Å². The minimum Gasteiger partial charge on any atom is -0.480 e. The van der Waals surface area contributed by atoms with Crippen LogP contribution in [-0.2, 0) is 19.1 Å². The fourth-order valence-electron chi connectivity index (χ4n) is 4.30. The number of carbonyl (C=O) groups excluding carboxylic acids is 3. The Balaban J connectivity index is 1.60. The lowest BCUT2D eigenvalue weighted by Crippen LogP contribution is -2.59. The fraction of sp³-hybridized carbons (Fsp3) is 0.429. The van der Waals surface area contributed by atoms with E-state index in [-0.39, 0.29) is 18.4 Å². The molecule has 1 aliphatic rings. The number of rotatable bonds is 10. The van der Waals surface area contributed by atoms with Gasteiger partial charge in [0.15, 0.2) is 0 Å². The van der Waals surface area contributed by atoms with Crippen molar-refractivity contribution in [2.24, 2.45) is 5.92 Å². The third-order valence-electron chi connectivity index (χ3n) is 6.83. The second-order valence-electron chi connectivity index (χ2n) is 9.98. The molecule has 9 nitrogen and oxygen atoms in total. The van der Waals surface area contributed by atoms with E-state index in [2.05, 4.69) is 16.0 Å². The predicted molar refractivity (Wildman–Crippen MR) is 139 cm³/mol. The van der Waals surface area contributed by atoms with Gasteiger partial charge in [-0.15, -0.1) is 0 Å². The van der Waals surface area contributed by atoms with E-state index >= 15 is 0 Å². The van der Waals surface area contributed by atoms with Crippen LogP contribution in [0.4, 0.5) is 4.79 Å². The van der Waals surface area contributed by atoms with Crippen LogP contribution in [0.15, 0.2) is 48.5 Å². The van der Waals surface area contributed by atoms with Gasteiger partial charge in [0.25, 0.3) is 0 Å². The van der Waals surface area contributed by atoms with Gasteiger partial charge in [0.2, 0.25) is 11.8 Å². The first kappa shape index (κ1) is 27.7. The van der Waals surface area contributed by atoms with Crippen molar-refractivity contribution in [3.8, 4) is 11.1 Å². The number of nitrogens with one attached hydrogen (secondary N) is 3. The third-order valence-corrected chi connectivity index (χ3v) is 6.83. The first-order valence-corrected chi connectivity index (χ1v) is 12.4. The first-order valence-electron chi connectivity index (χ1n) is 12.4. The van der Waals surface area contributed by atoms with Crippen LogP contribution in [-0.4, -0.2) is 53.2 Å². The molecule has 0 spiro atoms. The molecule has 3 atom stereocenters. The van der Waals surface area contributed by atoms with Gasteiger partial charge in [-0.2, -0.15) is 0 Å². The summed E-state index contributed by atoms with van der Waals surface area (Å²) in [6, 6.07) is 14.0. The van der Waals surface area contributed by atoms with Crippen molar-refractivity contribution in [1.29, 1.82) is 0 Å². The van der Waals surface area contributed by atoms with Gasteiger partial charge in [0.05, 0.1) is 0 Å². The number of alkyl carbamates (subject to hydrolysis) is 1. The summed E-state index contributed by atoms with van der Waals surface area (Å²) in [5.41, 5.74) is 2.88. The molecule has 37 heavy (non-hydrogen) atoms. The van der Waals surface area contributed by atoms with Crippen LogP contribution in [0.3, 0.4) is 0 Å². The van der Waals surface area contributed by atoms with Crippen LogP contribution in [0.2, 0.25) is 0 Å². The van der Waals surface area contributed by atoms with Crippen LogP contribution in [0, 0.1) is 5.92 Å². The monoisotopic (exact) mass is 509 g/mol. The zero-order valence-electron chi connectivity index (χ0n) is 21.8. The Morgan fingerprint density at radius 3 is 1.97 bits per heavy atom. The Morgan fingerprint density at radius 2 is 1.46 bits per heavy atom. The molecule has 1 aliphatic carbocycles. The quantitative estimate of drug-likeness (QED) is 0.388. The summed E-state index contributed by atoms with van der Waals surface area (Å²) in [4.78, 5) is 49.6. The van der Waals surface area contributed by atoms with Crippen molar-refractivity contribution in [3.05, 3.63) is 59.7 Å². The summed E-state index contributed by atoms with van der Waals surface area (Å²) in [6.45, 7) is 7.97. The largest absolute Gasteiger partial charge is 0.480 e. The number of fused-ring (bicyclic) bond motifs is 3. The molecule has 9 heteroatoms. The highest BCUT2D eigenvalue weighted by atomic mass is 16.5. The highest BCUT2D eigenvalue weighted by Gasteiger charge is 2.35. The van der Waals surface area contributed by atoms with E-state index in [1.165, 1.54) is 20.8 Å². The highest BCUT2D eigenvalue weighted by molar-refractivity contribution is 5.93. The number of hydrogen-bond donors (Lipinski definition) is 4. The smallest absolute Gasteiger partial charge is 0.407 e. The van der Waals surface area contributed by atoms with Gasteiger partial charge in [-0.05, 0) is 48.9 Å². The summed E-state index contributed by atoms with van der Waals surface area (Å²) < 4.78 is 5.50. The van der Waals surface area contributed by atoms with Gasteiger partial charge in [-0.25, -0.2) is 9.59 Å². The van der Waals surface area contributed by atoms with Crippen LogP contribution >= 0.6 is 0 Å². The van der Waals surface area contributed by atoms with Crippen LogP contribution in [0.25, 0.3) is 11.1 Å². The molecule has 0 radical (unpaired) electrons. The third kappa shape index (κ3) is 6.28. The van der Waals surface area contributed by atoms with Crippen molar-refractivity contribution in [2.45, 2.75) is 64.6 Å². The second kappa shape index (κ2) is 11.5. The summed E-state index contributed by atoms with van der Waals surface area (Å²) in [7, 11) is 0. The molecule has 2 aromatic rings. The molecule has 2 aromatic carbocycles. The summed E-state index contributed by atoms with van der Waals surface area (Å²) in [6.07, 6.45) is -0.180. The van der Waals surface area contributed by atoms with E-state index in [0.717, 1.165) is 22.3 Å². The van der Waals surface area contributed by atoms with Crippen LogP contribution in [0.1, 0.15) is 58.1 Å². The Morgan fingerprint density at radius 1 is 0.919 bits per heavy atom. The Labute approximate surface area is 217 Å². The number of carbonyl (C=O) groups is 4. The molecule has 0 heterocycles. The van der Waals surface area contributed by atoms with E-state index < -0.39 is 41.5 Å². The molecule has 0 aliphatic heterocycles. The normalized spacial score (nSPS) is 14.9. The molecule has 4 N–H and O–H groups in total. The fourth-order valence-corrected chi connectivity index (χ4v) is 4.30. The van der Waals surface area contributed by atoms with Crippen molar-refractivity contribution < 1.29 is 29.0 Å². The Bertz CT molecular complexity index is 1130. The maximum Gasteiger partial charge on any atom is 0.407 e. The van der Waals surface area contributed by atoms with E-state index in [1.807, 2.05) is 55.5 Å². The molecular weight excluding hydrogens is 474 g/mol. The number of benzene rings is 2. The number of hydrogen-bond acceptors (Lipinski definition) is 5. The molecule has 0 unspecified atom stereocenters. The lowest BCUT2D eigenvalue weighted by molar-refractivity contribution is -0.146. The van der Waals surface area contributed by atoms with Crippen molar-refractivity contribution in [3.63, 3.8) is 0 Å². The molecule has 0 saturated heterocycles. The standard InChI is InChI=1S/C28H35N3O6/c1-6-16(2)23(25(33)31-28(4,5)26(34)35)30-24(32)17(3)29-27(36)37-15-22-20-13-9-7-11-18(20)19-12-8-10-14-21(19)22/h7-14,16-17,22-23H,6,15H2,1-5H3,(H,29,36)(H,30,32)(H,31,33)(H,34,35)/t16-,17-,23-/m0/s1. The van der Waals surface area contributed by atoms with E-state index in [0.29, 0.717) is 6.42 Å². The lowest BCUT2D eigenvalue weighted by atomic mass is 9.96. The van der Waals surface area contributed by atoms with Crippen LogP contribution in [0.5, 0.6) is 0 Å². The number of aliphatic carboxylic acids is 1. The number of carboxylic acids is 1.